The molecule has 1 aliphatic heterocycles. The van der Waals surface area contributed by atoms with Crippen molar-refractivity contribution in [3.8, 4) is 17.0 Å². The van der Waals surface area contributed by atoms with Gasteiger partial charge >= 0.3 is 0 Å². The van der Waals surface area contributed by atoms with Crippen LogP contribution in [0.4, 0.5) is 0 Å². The van der Waals surface area contributed by atoms with Crippen LogP contribution in [0.15, 0.2) is 66.9 Å². The molecule has 2 fully saturated rings. The normalized spacial score (nSPS) is 17.7. The molecule has 40 heavy (non-hydrogen) atoms. The van der Waals surface area contributed by atoms with Crippen LogP contribution in [0.2, 0.25) is 0 Å². The molecule has 4 aromatic rings. The first-order valence-electron chi connectivity index (χ1n) is 14.5. The summed E-state index contributed by atoms with van der Waals surface area (Å²) in [6, 6.07) is 19.5. The van der Waals surface area contributed by atoms with Crippen LogP contribution in [0.5, 0.6) is 5.75 Å². The molecule has 0 bridgehead atoms. The number of hydrogen-bond acceptors (Lipinski definition) is 6. The number of aromatic nitrogens is 3. The Morgan fingerprint density at radius 3 is 2.58 bits per heavy atom. The van der Waals surface area contributed by atoms with E-state index in [4.69, 9.17) is 9.84 Å². The SMILES string of the molecule is O=C(NC(c1ccccn1)C1CCCC1)c1ccc2[nH]nc(-c3ccc(OC4CCN(CCO)CC4)cc3)c2c1. The summed E-state index contributed by atoms with van der Waals surface area (Å²) < 4.78 is 6.23. The second-order valence-electron chi connectivity index (χ2n) is 11.0. The lowest BCUT2D eigenvalue weighted by molar-refractivity contribution is 0.0889. The van der Waals surface area contributed by atoms with Crippen LogP contribution in [0.3, 0.4) is 0 Å². The monoisotopic (exact) mass is 539 g/mol. The lowest BCUT2D eigenvalue weighted by atomic mass is 9.94. The molecule has 1 saturated carbocycles. The maximum atomic E-state index is 13.5. The van der Waals surface area contributed by atoms with Gasteiger partial charge in [0.1, 0.15) is 11.9 Å². The van der Waals surface area contributed by atoms with E-state index >= 15 is 0 Å². The number of β-amino-alcohol motifs (C(OH)–C–C–N with tert-alkyl or cyclic N) is 1. The zero-order valence-electron chi connectivity index (χ0n) is 22.8. The van der Waals surface area contributed by atoms with Gasteiger partial charge in [0.15, 0.2) is 0 Å². The fraction of sp³-hybridized carbons (Fsp3) is 0.406. The van der Waals surface area contributed by atoms with Crippen molar-refractivity contribution in [2.24, 2.45) is 5.92 Å². The van der Waals surface area contributed by atoms with Crippen LogP contribution in [-0.2, 0) is 0 Å². The zero-order chi connectivity index (χ0) is 27.3. The molecular weight excluding hydrogens is 502 g/mol. The highest BCUT2D eigenvalue weighted by Gasteiger charge is 2.29. The molecule has 0 spiro atoms. The first-order chi connectivity index (χ1) is 19.7. The number of piperidine rings is 1. The minimum absolute atomic E-state index is 0.0922. The summed E-state index contributed by atoms with van der Waals surface area (Å²) in [4.78, 5) is 20.3. The molecule has 6 rings (SSSR count). The predicted octanol–water partition coefficient (Wildman–Crippen LogP) is 5.12. The summed E-state index contributed by atoms with van der Waals surface area (Å²) in [5.74, 6) is 1.16. The van der Waals surface area contributed by atoms with E-state index in [2.05, 4.69) is 25.4 Å². The van der Waals surface area contributed by atoms with Gasteiger partial charge in [0, 0.05) is 42.3 Å². The molecule has 2 aliphatic rings. The van der Waals surface area contributed by atoms with Gasteiger partial charge in [-0.1, -0.05) is 18.9 Å². The fourth-order valence-electron chi connectivity index (χ4n) is 6.16. The van der Waals surface area contributed by atoms with Gasteiger partial charge < -0.3 is 20.1 Å². The topological polar surface area (TPSA) is 103 Å². The number of aliphatic hydroxyl groups is 1. The summed E-state index contributed by atoms with van der Waals surface area (Å²) in [7, 11) is 0. The third-order valence-corrected chi connectivity index (χ3v) is 8.37. The number of pyridine rings is 1. The average molecular weight is 540 g/mol. The molecule has 3 heterocycles. The molecule has 1 saturated heterocycles. The third-order valence-electron chi connectivity index (χ3n) is 8.37. The standard InChI is InChI=1S/C32H37N5O3/c38-20-19-37-17-14-26(15-18-37)40-25-11-8-23(9-12-25)30-27-21-24(10-13-28(27)35-36-30)32(39)34-31(22-5-1-2-6-22)29-7-3-4-16-33-29/h3-4,7-13,16,21-22,26,31,38H,1-2,5-6,14-15,17-20H2,(H,34,39)(H,35,36). The van der Waals surface area contributed by atoms with Crippen LogP contribution >= 0.6 is 0 Å². The van der Waals surface area contributed by atoms with Gasteiger partial charge in [-0.2, -0.15) is 5.10 Å². The van der Waals surface area contributed by atoms with Gasteiger partial charge in [0.05, 0.1) is 29.6 Å². The number of H-pyrrole nitrogens is 1. The number of likely N-dealkylation sites (tertiary alicyclic amines) is 1. The van der Waals surface area contributed by atoms with Crippen molar-refractivity contribution in [1.82, 2.24) is 25.4 Å². The Hall–Kier alpha value is -3.75. The van der Waals surface area contributed by atoms with Gasteiger partial charge in [-0.3, -0.25) is 14.9 Å². The van der Waals surface area contributed by atoms with E-state index in [0.717, 1.165) is 78.9 Å². The molecule has 1 unspecified atom stereocenters. The van der Waals surface area contributed by atoms with E-state index in [1.54, 1.807) is 6.20 Å². The first kappa shape index (κ1) is 26.5. The number of carbonyl (C=O) groups is 1. The molecule has 2 aromatic heterocycles. The number of amides is 1. The van der Waals surface area contributed by atoms with Crippen molar-refractivity contribution in [3.63, 3.8) is 0 Å². The Balaban J connectivity index is 1.17. The number of carbonyl (C=O) groups excluding carboxylic acids is 1. The van der Waals surface area contributed by atoms with Crippen molar-refractivity contribution < 1.29 is 14.6 Å². The number of nitrogens with one attached hydrogen (secondary N) is 2. The van der Waals surface area contributed by atoms with Crippen molar-refractivity contribution in [3.05, 3.63) is 78.1 Å². The van der Waals surface area contributed by atoms with E-state index in [9.17, 15) is 4.79 Å². The van der Waals surface area contributed by atoms with Crippen molar-refractivity contribution in [1.29, 1.82) is 0 Å². The van der Waals surface area contributed by atoms with Gasteiger partial charge in [0.2, 0.25) is 0 Å². The van der Waals surface area contributed by atoms with Crippen molar-refractivity contribution >= 4 is 16.8 Å². The van der Waals surface area contributed by atoms with Gasteiger partial charge in [-0.05, 0) is 86.2 Å². The number of hydrogen-bond donors (Lipinski definition) is 3. The Labute approximate surface area is 234 Å². The Bertz CT molecular complexity index is 1410. The third kappa shape index (κ3) is 5.88. The van der Waals surface area contributed by atoms with Crippen molar-refractivity contribution in [2.45, 2.75) is 50.7 Å². The minimum atomic E-state index is -0.0924. The summed E-state index contributed by atoms with van der Waals surface area (Å²) in [5, 5.41) is 21.0. The molecule has 0 radical (unpaired) electrons. The van der Waals surface area contributed by atoms with Gasteiger partial charge in [-0.15, -0.1) is 0 Å². The number of ether oxygens (including phenoxy) is 1. The van der Waals surface area contributed by atoms with Crippen LogP contribution in [-0.4, -0.2) is 63.4 Å². The summed E-state index contributed by atoms with van der Waals surface area (Å²) in [5.41, 5.74) is 4.20. The molecule has 1 aliphatic carbocycles. The van der Waals surface area contributed by atoms with Crippen LogP contribution in [0.25, 0.3) is 22.2 Å². The smallest absolute Gasteiger partial charge is 0.251 e. The second-order valence-corrected chi connectivity index (χ2v) is 11.0. The highest BCUT2D eigenvalue weighted by Crippen LogP contribution is 2.35. The lowest BCUT2D eigenvalue weighted by Gasteiger charge is -2.31. The highest BCUT2D eigenvalue weighted by molar-refractivity contribution is 6.01. The van der Waals surface area contributed by atoms with E-state index in [1.807, 2.05) is 60.7 Å². The number of benzene rings is 2. The average Bonchev–Trinajstić information content (AvgIpc) is 3.68. The summed E-state index contributed by atoms with van der Waals surface area (Å²) in [6.07, 6.45) is 8.50. The van der Waals surface area contributed by atoms with Gasteiger partial charge in [0.25, 0.3) is 5.91 Å². The highest BCUT2D eigenvalue weighted by atomic mass is 16.5. The summed E-state index contributed by atoms with van der Waals surface area (Å²) >= 11 is 0. The number of aromatic amines is 1. The van der Waals surface area contributed by atoms with Crippen LogP contribution in [0.1, 0.15) is 60.6 Å². The van der Waals surface area contributed by atoms with E-state index < -0.39 is 0 Å². The lowest BCUT2D eigenvalue weighted by Crippen LogP contribution is -2.39. The number of fused-ring (bicyclic) bond motifs is 1. The molecule has 8 nitrogen and oxygen atoms in total. The maximum Gasteiger partial charge on any atom is 0.251 e. The Morgan fingerprint density at radius 2 is 1.85 bits per heavy atom. The molecule has 2 aromatic carbocycles. The number of rotatable bonds is 9. The first-order valence-corrected chi connectivity index (χ1v) is 14.5. The number of nitrogens with zero attached hydrogens (tertiary/aromatic N) is 3. The number of aliphatic hydroxyl groups excluding tert-OH is 1. The maximum absolute atomic E-state index is 13.5. The van der Waals surface area contributed by atoms with E-state index in [-0.39, 0.29) is 24.7 Å². The quantitative estimate of drug-likeness (QED) is 0.273. The van der Waals surface area contributed by atoms with Gasteiger partial charge in [-0.25, -0.2) is 0 Å². The Kier molecular flexibility index (Phi) is 8.07. The Morgan fingerprint density at radius 1 is 1.05 bits per heavy atom. The minimum Gasteiger partial charge on any atom is -0.490 e. The van der Waals surface area contributed by atoms with Crippen molar-refractivity contribution in [2.75, 3.05) is 26.2 Å². The molecular formula is C32H37N5O3. The summed E-state index contributed by atoms with van der Waals surface area (Å²) in [6.45, 7) is 2.82. The molecule has 3 N–H and O–H groups in total. The molecule has 1 atom stereocenters. The van der Waals surface area contributed by atoms with E-state index in [1.165, 1.54) is 12.8 Å². The largest absolute Gasteiger partial charge is 0.490 e. The predicted molar refractivity (Wildman–Crippen MR) is 155 cm³/mol. The fourth-order valence-corrected chi connectivity index (χ4v) is 6.16. The molecule has 208 valence electrons. The van der Waals surface area contributed by atoms with Crippen LogP contribution < -0.4 is 10.1 Å². The van der Waals surface area contributed by atoms with Crippen LogP contribution in [0, 0.1) is 5.92 Å². The second kappa shape index (κ2) is 12.2. The molecule has 1 amide bonds. The molecule has 8 heteroatoms. The van der Waals surface area contributed by atoms with E-state index in [0.29, 0.717) is 11.5 Å². The zero-order valence-corrected chi connectivity index (χ0v) is 22.8.